The van der Waals surface area contributed by atoms with Crippen LogP contribution in [0.4, 0.5) is 5.95 Å². The molecule has 1 aromatic heterocycles. The van der Waals surface area contributed by atoms with E-state index in [9.17, 15) is 0 Å². The number of benzene rings is 1. The van der Waals surface area contributed by atoms with Gasteiger partial charge in [-0.2, -0.15) is 0 Å². The fourth-order valence-electron chi connectivity index (χ4n) is 1.63. The van der Waals surface area contributed by atoms with Crippen LogP contribution < -0.4 is 4.94 Å². The fourth-order valence-corrected chi connectivity index (χ4v) is 1.89. The summed E-state index contributed by atoms with van der Waals surface area (Å²) in [5, 5.41) is 1.72. The van der Waals surface area contributed by atoms with Gasteiger partial charge in [0.05, 0.1) is 0 Å². The molecule has 5 nitrogen and oxygen atoms in total. The lowest BCUT2D eigenvalue weighted by atomic mass is 10.1. The average molecular weight is 277 g/mol. The summed E-state index contributed by atoms with van der Waals surface area (Å²) in [5.74, 6) is 0.0919. The molecule has 0 saturated carbocycles. The van der Waals surface area contributed by atoms with Crippen LogP contribution >= 0.6 is 11.6 Å². The van der Waals surface area contributed by atoms with Gasteiger partial charge in [0.15, 0.2) is 5.69 Å². The molecule has 0 aliphatic heterocycles. The number of nitrogens with zero attached hydrogens (tertiary/aromatic N) is 4. The van der Waals surface area contributed by atoms with Crippen LogP contribution in [0, 0.1) is 13.5 Å². The van der Waals surface area contributed by atoms with Crippen molar-refractivity contribution in [3.63, 3.8) is 0 Å². The molecule has 0 amide bonds. The van der Waals surface area contributed by atoms with Crippen LogP contribution in [-0.2, 0) is 0 Å². The minimum absolute atomic E-state index is 0.0919. The number of halogens is 1. The largest absolute Gasteiger partial charge is 0.394 e. The van der Waals surface area contributed by atoms with Crippen LogP contribution in [0.1, 0.15) is 5.56 Å². The van der Waals surface area contributed by atoms with Crippen molar-refractivity contribution < 1.29 is 4.94 Å². The SMILES string of the molecule is [C-]#[N+]c1nc(Cl)c(-c2ccc(C)cc2)n1ON(C)C. The topological polar surface area (TPSA) is 34.6 Å². The van der Waals surface area contributed by atoms with E-state index in [0.717, 1.165) is 11.1 Å². The molecule has 0 atom stereocenters. The Balaban J connectivity index is 2.58. The molecule has 0 N–H and O–H groups in total. The normalized spacial score (nSPS) is 10.5. The van der Waals surface area contributed by atoms with Crippen LogP contribution in [-0.4, -0.2) is 28.9 Å². The molecule has 6 heteroatoms. The smallest absolute Gasteiger partial charge is 0.379 e. The van der Waals surface area contributed by atoms with E-state index in [1.54, 1.807) is 14.1 Å². The molecule has 0 radical (unpaired) electrons. The van der Waals surface area contributed by atoms with Gasteiger partial charge in [0, 0.05) is 19.7 Å². The van der Waals surface area contributed by atoms with Crippen molar-refractivity contribution >= 4 is 17.5 Å². The van der Waals surface area contributed by atoms with Gasteiger partial charge in [-0.1, -0.05) is 34.6 Å². The summed E-state index contributed by atoms with van der Waals surface area (Å²) >= 11 is 6.11. The van der Waals surface area contributed by atoms with Gasteiger partial charge in [-0.3, -0.25) is 4.94 Å². The first-order chi connectivity index (χ1) is 9.02. The molecule has 98 valence electrons. The zero-order valence-electron chi connectivity index (χ0n) is 10.9. The molecule has 0 fully saturated rings. The van der Waals surface area contributed by atoms with Gasteiger partial charge in [0.25, 0.3) is 0 Å². The minimum atomic E-state index is 0.0919. The van der Waals surface area contributed by atoms with E-state index in [0.29, 0.717) is 5.69 Å². The number of imidazole rings is 1. The van der Waals surface area contributed by atoms with E-state index in [1.165, 1.54) is 9.79 Å². The van der Waals surface area contributed by atoms with E-state index < -0.39 is 0 Å². The lowest BCUT2D eigenvalue weighted by molar-refractivity contribution is -0.120. The molecule has 0 aliphatic rings. The van der Waals surface area contributed by atoms with Crippen LogP contribution in [0.3, 0.4) is 0 Å². The fraction of sp³-hybridized carbons (Fsp3) is 0.231. The standard InChI is InChI=1S/C13H13ClN4O/c1-9-5-7-10(8-6-9)11-12(14)16-13(15-2)18(11)19-17(3)4/h5-8H,1,3-4H3. The third-order valence-corrected chi connectivity index (χ3v) is 2.71. The molecule has 2 rings (SSSR count). The molecule has 2 aromatic rings. The summed E-state index contributed by atoms with van der Waals surface area (Å²) in [6, 6.07) is 7.77. The number of hydrogen-bond donors (Lipinski definition) is 0. The molecule has 0 unspecified atom stereocenters. The maximum Gasteiger partial charge on any atom is 0.379 e. The van der Waals surface area contributed by atoms with Crippen molar-refractivity contribution in [1.82, 2.24) is 14.8 Å². The van der Waals surface area contributed by atoms with Gasteiger partial charge in [-0.15, -0.1) is 16.6 Å². The van der Waals surface area contributed by atoms with Gasteiger partial charge < -0.3 is 4.85 Å². The van der Waals surface area contributed by atoms with Gasteiger partial charge in [0.2, 0.25) is 5.15 Å². The van der Waals surface area contributed by atoms with Gasteiger partial charge >= 0.3 is 5.95 Å². The third-order valence-electron chi connectivity index (χ3n) is 2.45. The second-order valence-corrected chi connectivity index (χ2v) is 4.58. The summed E-state index contributed by atoms with van der Waals surface area (Å²) in [6.07, 6.45) is 0. The Bertz CT molecular complexity index is 625. The number of hydrogen-bond acceptors (Lipinski definition) is 3. The van der Waals surface area contributed by atoms with Crippen molar-refractivity contribution in [2.45, 2.75) is 6.92 Å². The van der Waals surface area contributed by atoms with Crippen molar-refractivity contribution in [2.24, 2.45) is 0 Å². The van der Waals surface area contributed by atoms with Gasteiger partial charge in [0.1, 0.15) is 0 Å². The maximum absolute atomic E-state index is 7.12. The molecule has 1 heterocycles. The first-order valence-corrected chi connectivity index (χ1v) is 5.99. The van der Waals surface area contributed by atoms with E-state index in [4.69, 9.17) is 23.1 Å². The number of rotatable bonds is 3. The van der Waals surface area contributed by atoms with Gasteiger partial charge in [-0.05, 0) is 18.5 Å². The predicted molar refractivity (Wildman–Crippen MR) is 73.9 cm³/mol. The van der Waals surface area contributed by atoms with Gasteiger partial charge in [-0.25, -0.2) is 0 Å². The number of aromatic nitrogens is 2. The number of hydroxylamine groups is 2. The Labute approximate surface area is 116 Å². The Morgan fingerprint density at radius 3 is 2.47 bits per heavy atom. The summed E-state index contributed by atoms with van der Waals surface area (Å²) in [7, 11) is 3.45. The Morgan fingerprint density at radius 2 is 1.95 bits per heavy atom. The van der Waals surface area contributed by atoms with E-state index >= 15 is 0 Å². The molecular formula is C13H13ClN4O. The highest BCUT2D eigenvalue weighted by molar-refractivity contribution is 6.32. The van der Waals surface area contributed by atoms with Crippen molar-refractivity contribution in [1.29, 1.82) is 0 Å². The monoisotopic (exact) mass is 276 g/mol. The minimum Gasteiger partial charge on any atom is -0.394 e. The highest BCUT2D eigenvalue weighted by Crippen LogP contribution is 2.31. The Morgan fingerprint density at radius 1 is 1.32 bits per heavy atom. The molecule has 1 aromatic carbocycles. The van der Waals surface area contributed by atoms with E-state index in [1.807, 2.05) is 31.2 Å². The molecule has 0 aliphatic carbocycles. The average Bonchev–Trinajstić information content (AvgIpc) is 2.66. The predicted octanol–water partition coefficient (Wildman–Crippen LogP) is 2.97. The maximum atomic E-state index is 7.12. The molecular weight excluding hydrogens is 264 g/mol. The highest BCUT2D eigenvalue weighted by Gasteiger charge is 2.23. The summed E-state index contributed by atoms with van der Waals surface area (Å²) in [6.45, 7) is 9.12. The third kappa shape index (κ3) is 2.70. The van der Waals surface area contributed by atoms with Crippen LogP contribution in [0.15, 0.2) is 24.3 Å². The molecule has 19 heavy (non-hydrogen) atoms. The highest BCUT2D eigenvalue weighted by atomic mass is 35.5. The lowest BCUT2D eigenvalue weighted by Crippen LogP contribution is -2.26. The van der Waals surface area contributed by atoms with Crippen molar-refractivity contribution in [3.05, 3.63) is 46.4 Å². The Hall–Kier alpha value is -2.03. The molecule has 0 bridgehead atoms. The van der Waals surface area contributed by atoms with Crippen molar-refractivity contribution in [2.75, 3.05) is 14.1 Å². The first-order valence-electron chi connectivity index (χ1n) is 5.61. The summed E-state index contributed by atoms with van der Waals surface area (Å²) in [5.41, 5.74) is 2.56. The van der Waals surface area contributed by atoms with Crippen LogP contribution in [0.2, 0.25) is 5.15 Å². The zero-order chi connectivity index (χ0) is 14.0. The second kappa shape index (κ2) is 5.31. The first kappa shape index (κ1) is 13.4. The number of aryl methyl sites for hydroxylation is 1. The lowest BCUT2D eigenvalue weighted by Gasteiger charge is -2.12. The quantitative estimate of drug-likeness (QED) is 0.638. The second-order valence-electron chi connectivity index (χ2n) is 4.22. The molecule has 0 saturated heterocycles. The van der Waals surface area contributed by atoms with E-state index in [2.05, 4.69) is 9.83 Å². The van der Waals surface area contributed by atoms with Crippen LogP contribution in [0.5, 0.6) is 0 Å². The van der Waals surface area contributed by atoms with Crippen LogP contribution in [0.25, 0.3) is 16.1 Å². The summed E-state index contributed by atoms with van der Waals surface area (Å²) in [4.78, 5) is 12.8. The Kier molecular flexibility index (Phi) is 3.74. The summed E-state index contributed by atoms with van der Waals surface area (Å²) < 4.78 is 1.33. The van der Waals surface area contributed by atoms with E-state index in [-0.39, 0.29) is 11.1 Å². The zero-order valence-corrected chi connectivity index (χ0v) is 11.6. The van der Waals surface area contributed by atoms with Crippen molar-refractivity contribution in [3.8, 4) is 11.3 Å². The molecule has 0 spiro atoms.